The average Bonchev–Trinajstić information content (AvgIpc) is 3.42. The van der Waals surface area contributed by atoms with Gasteiger partial charge in [0.05, 0.1) is 16.1 Å². The predicted molar refractivity (Wildman–Crippen MR) is 142 cm³/mol. The van der Waals surface area contributed by atoms with Crippen LogP contribution in [0.4, 0.5) is 11.4 Å². The maximum Gasteiger partial charge on any atom is 0.287 e. The van der Waals surface area contributed by atoms with Crippen molar-refractivity contribution in [2.75, 3.05) is 0 Å². The van der Waals surface area contributed by atoms with Gasteiger partial charge in [-0.15, -0.1) is 0 Å². The summed E-state index contributed by atoms with van der Waals surface area (Å²) in [6.07, 6.45) is 2.57. The molecular weight excluding hydrogens is 506 g/mol. The van der Waals surface area contributed by atoms with Gasteiger partial charge in [-0.1, -0.05) is 30.3 Å². The summed E-state index contributed by atoms with van der Waals surface area (Å²) in [7, 11) is 0. The Morgan fingerprint density at radius 3 is 2.23 bits per heavy atom. The van der Waals surface area contributed by atoms with E-state index in [2.05, 4.69) is 15.8 Å². The van der Waals surface area contributed by atoms with Crippen molar-refractivity contribution in [1.29, 1.82) is 0 Å². The largest absolute Gasteiger partial charge is 0.455 e. The van der Waals surface area contributed by atoms with E-state index < -0.39 is 21.7 Å². The number of nitrogens with zero attached hydrogens (tertiary/aromatic N) is 3. The summed E-state index contributed by atoms with van der Waals surface area (Å²) in [6.45, 7) is 0. The quantitative estimate of drug-likeness (QED) is 0.138. The number of carbonyl (C=O) groups is 2. The highest BCUT2D eigenvalue weighted by Gasteiger charge is 2.15. The molecule has 12 heteroatoms. The number of amides is 2. The Bertz CT molecular complexity index is 1590. The first kappa shape index (κ1) is 26.2. The van der Waals surface area contributed by atoms with E-state index in [1.54, 1.807) is 48.5 Å². The maximum absolute atomic E-state index is 12.9. The molecule has 2 amide bonds. The number of furan rings is 1. The summed E-state index contributed by atoms with van der Waals surface area (Å²) >= 11 is 0. The zero-order valence-electron chi connectivity index (χ0n) is 20.0. The van der Waals surface area contributed by atoms with Crippen LogP contribution in [0.2, 0.25) is 0 Å². The van der Waals surface area contributed by atoms with Crippen molar-refractivity contribution in [3.63, 3.8) is 0 Å². The zero-order valence-corrected chi connectivity index (χ0v) is 20.0. The minimum atomic E-state index is -0.764. The average molecular weight is 525 g/mol. The molecule has 39 heavy (non-hydrogen) atoms. The normalized spacial score (nSPS) is 11.2. The molecule has 1 heterocycles. The zero-order chi connectivity index (χ0) is 27.8. The lowest BCUT2D eigenvalue weighted by Crippen LogP contribution is -2.32. The summed E-state index contributed by atoms with van der Waals surface area (Å²) in [4.78, 5) is 46.4. The minimum Gasteiger partial charge on any atom is -0.455 e. The van der Waals surface area contributed by atoms with E-state index in [1.165, 1.54) is 54.8 Å². The smallest absolute Gasteiger partial charge is 0.287 e. The topological polar surface area (TPSA) is 170 Å². The van der Waals surface area contributed by atoms with Crippen molar-refractivity contribution in [3.05, 3.63) is 134 Å². The molecular formula is C27H19N5O7. The molecule has 0 saturated heterocycles. The SMILES string of the molecule is O=C(N/N=C\c1ccc(-c2cccc([N+](=O)[O-])c2)o1)/C(=C/c1ccc([N+](=O)[O-])cc1)NC(=O)c1ccccc1. The van der Waals surface area contributed by atoms with Crippen molar-refractivity contribution in [1.82, 2.24) is 10.7 Å². The molecule has 0 unspecified atom stereocenters. The lowest BCUT2D eigenvalue weighted by atomic mass is 10.1. The summed E-state index contributed by atoms with van der Waals surface area (Å²) in [6, 6.07) is 22.7. The standard InChI is InChI=1S/C27H19N5O7/c33-26(19-5-2-1-3-6-19)29-24(15-18-9-11-21(12-10-18)31(35)36)27(34)30-28-17-23-13-14-25(39-23)20-7-4-8-22(16-20)32(37)38/h1-17H,(H,29,33)(H,30,34)/b24-15-,28-17-. The van der Waals surface area contributed by atoms with Crippen molar-refractivity contribution in [2.24, 2.45) is 5.10 Å². The number of nitrogens with one attached hydrogen (secondary N) is 2. The van der Waals surface area contributed by atoms with Crippen molar-refractivity contribution in [3.8, 4) is 11.3 Å². The highest BCUT2D eigenvalue weighted by Crippen LogP contribution is 2.25. The molecule has 0 aliphatic heterocycles. The van der Waals surface area contributed by atoms with Gasteiger partial charge in [0, 0.05) is 35.4 Å². The number of non-ortho nitro benzene ring substituents is 2. The van der Waals surface area contributed by atoms with E-state index in [0.29, 0.717) is 22.5 Å². The van der Waals surface area contributed by atoms with Gasteiger partial charge in [0.15, 0.2) is 0 Å². The summed E-state index contributed by atoms with van der Waals surface area (Å²) in [5.74, 6) is -0.693. The highest BCUT2D eigenvalue weighted by molar-refractivity contribution is 6.05. The molecule has 4 aromatic rings. The van der Waals surface area contributed by atoms with E-state index in [0.717, 1.165) is 0 Å². The number of nitro benzene ring substituents is 2. The summed E-state index contributed by atoms with van der Waals surface area (Å²) in [5.41, 5.74) is 3.16. The molecule has 0 saturated carbocycles. The molecule has 0 bridgehead atoms. The van der Waals surface area contributed by atoms with Crippen molar-refractivity contribution < 1.29 is 23.9 Å². The van der Waals surface area contributed by atoms with Gasteiger partial charge >= 0.3 is 0 Å². The third kappa shape index (κ3) is 6.86. The van der Waals surface area contributed by atoms with Gasteiger partial charge in [-0.05, 0) is 48.0 Å². The molecule has 0 aliphatic carbocycles. The predicted octanol–water partition coefficient (Wildman–Crippen LogP) is 4.68. The van der Waals surface area contributed by atoms with Crippen LogP contribution in [0.25, 0.3) is 17.4 Å². The van der Waals surface area contributed by atoms with Crippen molar-refractivity contribution >= 4 is 35.5 Å². The Balaban J connectivity index is 1.51. The Hall–Kier alpha value is -5.91. The van der Waals surface area contributed by atoms with E-state index in [1.807, 2.05) is 0 Å². The van der Waals surface area contributed by atoms with Crippen LogP contribution in [-0.2, 0) is 4.79 Å². The van der Waals surface area contributed by atoms with E-state index in [4.69, 9.17) is 4.42 Å². The van der Waals surface area contributed by atoms with Crippen molar-refractivity contribution in [2.45, 2.75) is 0 Å². The summed E-state index contributed by atoms with van der Waals surface area (Å²) in [5, 5.41) is 28.3. The van der Waals surface area contributed by atoms with E-state index in [9.17, 15) is 29.8 Å². The number of hydrogen-bond donors (Lipinski definition) is 2. The van der Waals surface area contributed by atoms with Crippen LogP contribution in [-0.4, -0.2) is 27.9 Å². The molecule has 3 aromatic carbocycles. The Morgan fingerprint density at radius 1 is 0.821 bits per heavy atom. The fourth-order valence-electron chi connectivity index (χ4n) is 3.37. The third-order valence-electron chi connectivity index (χ3n) is 5.27. The molecule has 0 radical (unpaired) electrons. The number of rotatable bonds is 9. The summed E-state index contributed by atoms with van der Waals surface area (Å²) < 4.78 is 5.63. The Kier molecular flexibility index (Phi) is 7.97. The van der Waals surface area contributed by atoms with Crippen LogP contribution in [0, 0.1) is 20.2 Å². The first-order valence-electron chi connectivity index (χ1n) is 11.3. The fourth-order valence-corrected chi connectivity index (χ4v) is 3.37. The number of benzene rings is 3. The molecule has 0 fully saturated rings. The third-order valence-corrected chi connectivity index (χ3v) is 5.27. The lowest BCUT2D eigenvalue weighted by molar-refractivity contribution is -0.385. The number of hydrazone groups is 1. The Labute approximate surface area is 220 Å². The second-order valence-electron chi connectivity index (χ2n) is 7.94. The number of nitro groups is 2. The minimum absolute atomic E-state index is 0.0868. The second kappa shape index (κ2) is 11.9. The monoisotopic (exact) mass is 525 g/mol. The molecule has 12 nitrogen and oxygen atoms in total. The highest BCUT2D eigenvalue weighted by atomic mass is 16.6. The maximum atomic E-state index is 12.9. The van der Waals surface area contributed by atoms with Crippen LogP contribution in [0.5, 0.6) is 0 Å². The van der Waals surface area contributed by atoms with Crippen LogP contribution in [0.3, 0.4) is 0 Å². The molecule has 194 valence electrons. The second-order valence-corrected chi connectivity index (χ2v) is 7.94. The fraction of sp³-hybridized carbons (Fsp3) is 0. The van der Waals surface area contributed by atoms with Gasteiger partial charge in [0.25, 0.3) is 23.2 Å². The van der Waals surface area contributed by atoms with Gasteiger partial charge in [-0.25, -0.2) is 5.43 Å². The van der Waals surface area contributed by atoms with Crippen LogP contribution in [0.1, 0.15) is 21.7 Å². The van der Waals surface area contributed by atoms with E-state index >= 15 is 0 Å². The first-order chi connectivity index (χ1) is 18.8. The van der Waals surface area contributed by atoms with E-state index in [-0.39, 0.29) is 22.8 Å². The molecule has 0 atom stereocenters. The first-order valence-corrected chi connectivity index (χ1v) is 11.3. The molecule has 0 aliphatic rings. The van der Waals surface area contributed by atoms with Crippen LogP contribution >= 0.6 is 0 Å². The van der Waals surface area contributed by atoms with Gasteiger partial charge in [0.1, 0.15) is 17.2 Å². The Morgan fingerprint density at radius 2 is 1.54 bits per heavy atom. The molecule has 4 rings (SSSR count). The van der Waals surface area contributed by atoms with Crippen LogP contribution in [0.15, 0.2) is 106 Å². The van der Waals surface area contributed by atoms with Gasteiger partial charge in [0.2, 0.25) is 0 Å². The van der Waals surface area contributed by atoms with Gasteiger partial charge in [-0.2, -0.15) is 5.10 Å². The van der Waals surface area contributed by atoms with Gasteiger partial charge < -0.3 is 9.73 Å². The molecule has 2 N–H and O–H groups in total. The molecule has 0 spiro atoms. The lowest BCUT2D eigenvalue weighted by Gasteiger charge is -2.09. The number of carbonyl (C=O) groups excluding carboxylic acids is 2. The van der Waals surface area contributed by atoms with Crippen LogP contribution < -0.4 is 10.7 Å². The number of hydrogen-bond acceptors (Lipinski definition) is 8. The molecule has 1 aromatic heterocycles. The van der Waals surface area contributed by atoms with Gasteiger partial charge in [-0.3, -0.25) is 29.8 Å².